The van der Waals surface area contributed by atoms with Crippen LogP contribution in [0.2, 0.25) is 0 Å². The summed E-state index contributed by atoms with van der Waals surface area (Å²) in [5.41, 5.74) is 5.40. The number of fused-ring (bicyclic) bond motifs is 2. The Morgan fingerprint density at radius 2 is 2.00 bits per heavy atom. The predicted molar refractivity (Wildman–Crippen MR) is 94.6 cm³/mol. The summed E-state index contributed by atoms with van der Waals surface area (Å²) in [6.07, 6.45) is 7.08. The maximum Gasteiger partial charge on any atom is 0.0187 e. The van der Waals surface area contributed by atoms with Gasteiger partial charge in [0.05, 0.1) is 0 Å². The van der Waals surface area contributed by atoms with E-state index in [0.717, 1.165) is 11.2 Å². The second-order valence-corrected chi connectivity index (χ2v) is 8.31. The molecule has 2 bridgehead atoms. The van der Waals surface area contributed by atoms with Crippen molar-refractivity contribution in [3.63, 3.8) is 0 Å². The molecule has 3 atom stereocenters. The smallest absolute Gasteiger partial charge is 0.0187 e. The van der Waals surface area contributed by atoms with E-state index in [2.05, 4.69) is 62.9 Å². The average Bonchev–Trinajstić information content (AvgIpc) is 3.05. The van der Waals surface area contributed by atoms with Gasteiger partial charge in [-0.25, -0.2) is 0 Å². The van der Waals surface area contributed by atoms with Gasteiger partial charge in [-0.05, 0) is 57.4 Å². The molecule has 0 aliphatic heterocycles. The Morgan fingerprint density at radius 3 is 2.62 bits per heavy atom. The molecule has 2 saturated carbocycles. The van der Waals surface area contributed by atoms with Crippen LogP contribution < -0.4 is 0 Å². The quantitative estimate of drug-likeness (QED) is 0.581. The lowest BCUT2D eigenvalue weighted by Gasteiger charge is -2.38. The summed E-state index contributed by atoms with van der Waals surface area (Å²) in [6, 6.07) is 11.0. The minimum absolute atomic E-state index is 0.539. The third-order valence-electron chi connectivity index (χ3n) is 5.67. The number of allylic oxidation sites excluding steroid dienone is 2. The monoisotopic (exact) mass is 300 g/mol. The van der Waals surface area contributed by atoms with Crippen molar-refractivity contribution in [1.29, 1.82) is 0 Å². The molecule has 2 aliphatic rings. The van der Waals surface area contributed by atoms with E-state index >= 15 is 0 Å². The minimum atomic E-state index is 0.539. The Morgan fingerprint density at radius 1 is 1.24 bits per heavy atom. The van der Waals surface area contributed by atoms with E-state index < -0.39 is 0 Å². The number of benzene rings is 1. The van der Waals surface area contributed by atoms with Crippen LogP contribution in [0.5, 0.6) is 0 Å². The highest BCUT2D eigenvalue weighted by atomic mass is 32.2. The fourth-order valence-corrected chi connectivity index (χ4v) is 6.54. The molecule has 1 aromatic carbocycles. The van der Waals surface area contributed by atoms with Gasteiger partial charge in [-0.15, -0.1) is 0 Å². The van der Waals surface area contributed by atoms with Crippen molar-refractivity contribution >= 4 is 11.8 Å². The Bertz CT molecular complexity index is 512. The summed E-state index contributed by atoms with van der Waals surface area (Å²) in [5, 5.41) is 0.848. The van der Waals surface area contributed by atoms with Crippen LogP contribution in [0.4, 0.5) is 0 Å². The summed E-state index contributed by atoms with van der Waals surface area (Å²) in [5.74, 6) is 2.18. The Hall–Kier alpha value is -0.690. The highest BCUT2D eigenvalue weighted by molar-refractivity contribution is 7.99. The molecule has 0 radical (unpaired) electrons. The summed E-state index contributed by atoms with van der Waals surface area (Å²) in [4.78, 5) is 0. The maximum absolute atomic E-state index is 2.36. The SMILES string of the molecule is CCC(=C(C)C)C12CCC(CC1SCc1ccccc1)C2. The van der Waals surface area contributed by atoms with Crippen molar-refractivity contribution in [1.82, 2.24) is 0 Å². The van der Waals surface area contributed by atoms with Crippen LogP contribution in [0.15, 0.2) is 41.5 Å². The summed E-state index contributed by atoms with van der Waals surface area (Å²) < 4.78 is 0. The van der Waals surface area contributed by atoms with E-state index in [0.29, 0.717) is 5.41 Å². The predicted octanol–water partition coefficient (Wildman–Crippen LogP) is 6.23. The molecule has 114 valence electrons. The zero-order valence-electron chi connectivity index (χ0n) is 13.7. The van der Waals surface area contributed by atoms with Crippen molar-refractivity contribution in [2.45, 2.75) is 63.9 Å². The van der Waals surface area contributed by atoms with E-state index in [1.54, 1.807) is 11.1 Å². The van der Waals surface area contributed by atoms with Crippen LogP contribution in [0.1, 0.15) is 58.4 Å². The Labute approximate surface area is 134 Å². The fourth-order valence-electron chi connectivity index (χ4n) is 4.87. The van der Waals surface area contributed by atoms with E-state index in [4.69, 9.17) is 0 Å². The van der Waals surface area contributed by atoms with Crippen LogP contribution >= 0.6 is 11.8 Å². The van der Waals surface area contributed by atoms with Gasteiger partial charge in [0.25, 0.3) is 0 Å². The molecule has 0 nitrogen and oxygen atoms in total. The fraction of sp³-hybridized carbons (Fsp3) is 0.600. The highest BCUT2D eigenvalue weighted by Crippen LogP contribution is 2.63. The molecular weight excluding hydrogens is 272 g/mol. The Kier molecular flexibility index (Phi) is 4.49. The van der Waals surface area contributed by atoms with Crippen molar-refractivity contribution in [3.05, 3.63) is 47.0 Å². The third-order valence-corrected chi connectivity index (χ3v) is 7.21. The van der Waals surface area contributed by atoms with E-state index in [1.165, 1.54) is 43.4 Å². The highest BCUT2D eigenvalue weighted by Gasteiger charge is 2.53. The number of rotatable bonds is 5. The van der Waals surface area contributed by atoms with Crippen LogP contribution in [-0.2, 0) is 5.75 Å². The van der Waals surface area contributed by atoms with Gasteiger partial charge in [-0.3, -0.25) is 0 Å². The lowest BCUT2D eigenvalue weighted by molar-refractivity contribution is 0.360. The zero-order valence-corrected chi connectivity index (χ0v) is 14.5. The largest absolute Gasteiger partial charge is 0.153 e. The van der Waals surface area contributed by atoms with Crippen molar-refractivity contribution < 1.29 is 0 Å². The van der Waals surface area contributed by atoms with Crippen LogP contribution in [-0.4, -0.2) is 5.25 Å². The first-order chi connectivity index (χ1) is 10.2. The molecule has 0 spiro atoms. The molecule has 21 heavy (non-hydrogen) atoms. The molecule has 0 aromatic heterocycles. The normalized spacial score (nSPS) is 30.6. The molecule has 0 saturated heterocycles. The van der Waals surface area contributed by atoms with Crippen LogP contribution in [0, 0.1) is 11.3 Å². The molecule has 3 rings (SSSR count). The molecule has 3 unspecified atom stereocenters. The molecule has 1 aromatic rings. The molecule has 0 heterocycles. The second kappa shape index (κ2) is 6.20. The average molecular weight is 301 g/mol. The van der Waals surface area contributed by atoms with Gasteiger partial charge in [0, 0.05) is 16.4 Å². The van der Waals surface area contributed by atoms with Crippen LogP contribution in [0.3, 0.4) is 0 Å². The first-order valence-electron chi connectivity index (χ1n) is 8.48. The zero-order chi connectivity index (χ0) is 14.9. The van der Waals surface area contributed by atoms with Gasteiger partial charge in [0.1, 0.15) is 0 Å². The summed E-state index contributed by atoms with van der Waals surface area (Å²) in [7, 11) is 0. The topological polar surface area (TPSA) is 0 Å². The molecule has 0 N–H and O–H groups in total. The molecular formula is C20H28S. The molecule has 0 amide bonds. The van der Waals surface area contributed by atoms with Gasteiger partial charge in [-0.1, -0.05) is 48.4 Å². The first kappa shape index (κ1) is 15.2. The lowest BCUT2D eigenvalue weighted by atomic mass is 9.74. The maximum atomic E-state index is 2.36. The van der Waals surface area contributed by atoms with Gasteiger partial charge in [-0.2, -0.15) is 11.8 Å². The first-order valence-corrected chi connectivity index (χ1v) is 9.53. The van der Waals surface area contributed by atoms with Gasteiger partial charge >= 0.3 is 0 Å². The second-order valence-electron chi connectivity index (χ2n) is 7.12. The molecule has 2 aliphatic carbocycles. The van der Waals surface area contributed by atoms with E-state index in [9.17, 15) is 0 Å². The van der Waals surface area contributed by atoms with Crippen molar-refractivity contribution in [3.8, 4) is 0 Å². The minimum Gasteiger partial charge on any atom is -0.153 e. The van der Waals surface area contributed by atoms with Crippen molar-refractivity contribution in [2.75, 3.05) is 0 Å². The van der Waals surface area contributed by atoms with Gasteiger partial charge in [0.2, 0.25) is 0 Å². The molecule has 2 fully saturated rings. The summed E-state index contributed by atoms with van der Waals surface area (Å²) in [6.45, 7) is 7.03. The number of thioether (sulfide) groups is 1. The summed E-state index contributed by atoms with van der Waals surface area (Å²) >= 11 is 2.23. The number of hydrogen-bond acceptors (Lipinski definition) is 1. The molecule has 1 heteroatoms. The van der Waals surface area contributed by atoms with E-state index in [1.807, 2.05) is 0 Å². The van der Waals surface area contributed by atoms with Crippen molar-refractivity contribution in [2.24, 2.45) is 11.3 Å². The standard InChI is InChI=1S/C20H28S/c1-4-18(15(2)3)20-11-10-17(13-20)12-19(20)21-14-16-8-6-5-7-9-16/h5-9,17,19H,4,10-14H2,1-3H3. The van der Waals surface area contributed by atoms with Crippen LogP contribution in [0.25, 0.3) is 0 Å². The Balaban J connectivity index is 1.77. The van der Waals surface area contributed by atoms with E-state index in [-0.39, 0.29) is 0 Å². The third kappa shape index (κ3) is 2.82. The number of hydrogen-bond donors (Lipinski definition) is 0. The van der Waals surface area contributed by atoms with Gasteiger partial charge < -0.3 is 0 Å². The van der Waals surface area contributed by atoms with Gasteiger partial charge in [0.15, 0.2) is 0 Å². The lowest BCUT2D eigenvalue weighted by Crippen LogP contribution is -2.30.